The monoisotopic (exact) mass is 325 g/mol. The van der Waals surface area contributed by atoms with Crippen molar-refractivity contribution in [2.45, 2.75) is 20.3 Å². The van der Waals surface area contributed by atoms with Gasteiger partial charge >= 0.3 is 11.6 Å². The summed E-state index contributed by atoms with van der Waals surface area (Å²) < 4.78 is 5.00. The second-order valence-electron chi connectivity index (χ2n) is 5.13. The highest BCUT2D eigenvalue weighted by Gasteiger charge is 2.12. The maximum absolute atomic E-state index is 12.2. The molecule has 0 unspecified atom stereocenters. The molecule has 0 atom stereocenters. The zero-order chi connectivity index (χ0) is 17.1. The normalized spacial score (nSPS) is 11.7. The van der Waals surface area contributed by atoms with Crippen LogP contribution in [0.25, 0.3) is 11.1 Å². The lowest BCUT2D eigenvalue weighted by Crippen LogP contribution is -2.14. The van der Waals surface area contributed by atoms with Crippen molar-refractivity contribution in [1.82, 2.24) is 9.97 Å². The number of aryl methyl sites for hydroxylation is 1. The van der Waals surface area contributed by atoms with Crippen LogP contribution >= 0.6 is 0 Å². The van der Waals surface area contributed by atoms with Crippen molar-refractivity contribution >= 4 is 16.8 Å². The van der Waals surface area contributed by atoms with Crippen LogP contribution < -0.4 is 16.0 Å². The van der Waals surface area contributed by atoms with E-state index in [-0.39, 0.29) is 17.1 Å². The Balaban J connectivity index is 2.00. The van der Waals surface area contributed by atoms with Gasteiger partial charge in [-0.05, 0) is 24.5 Å². The fourth-order valence-corrected chi connectivity index (χ4v) is 2.29. The predicted molar refractivity (Wildman–Crippen MR) is 89.6 cm³/mol. The number of H-pyrrole nitrogens is 1. The number of hydrogen-bond acceptors (Lipinski definition) is 6. The van der Waals surface area contributed by atoms with Crippen LogP contribution in [-0.2, 0) is 6.42 Å². The highest BCUT2D eigenvalue weighted by atomic mass is 16.6. The van der Waals surface area contributed by atoms with Crippen molar-refractivity contribution in [2.75, 3.05) is 0 Å². The molecule has 0 saturated heterocycles. The van der Waals surface area contributed by atoms with Crippen LogP contribution in [-0.4, -0.2) is 15.7 Å². The number of fused-ring (bicyclic) bond motifs is 1. The molecule has 0 bridgehead atoms. The van der Waals surface area contributed by atoms with E-state index >= 15 is 0 Å². The summed E-state index contributed by atoms with van der Waals surface area (Å²) in [6, 6.07) is 10.6. The SMILES string of the molecule is CCc1cc(=O)oc2nc(O/N=C(/C)c3ccccc3)[nH]c(=O)c12. The molecule has 3 aromatic rings. The van der Waals surface area contributed by atoms with Crippen LogP contribution in [0.1, 0.15) is 25.0 Å². The average Bonchev–Trinajstić information content (AvgIpc) is 2.59. The lowest BCUT2D eigenvalue weighted by atomic mass is 10.1. The van der Waals surface area contributed by atoms with E-state index in [1.807, 2.05) is 37.3 Å². The lowest BCUT2D eigenvalue weighted by molar-refractivity contribution is 0.311. The van der Waals surface area contributed by atoms with Crippen molar-refractivity contribution in [3.8, 4) is 6.01 Å². The smallest absolute Gasteiger partial charge is 0.337 e. The van der Waals surface area contributed by atoms with E-state index in [2.05, 4.69) is 15.1 Å². The van der Waals surface area contributed by atoms with E-state index in [1.54, 1.807) is 6.92 Å². The molecular weight excluding hydrogens is 310 g/mol. The third-order valence-corrected chi connectivity index (χ3v) is 3.52. The van der Waals surface area contributed by atoms with Crippen molar-refractivity contribution < 1.29 is 9.25 Å². The molecule has 0 spiro atoms. The van der Waals surface area contributed by atoms with E-state index in [0.717, 1.165) is 5.56 Å². The van der Waals surface area contributed by atoms with Gasteiger partial charge in [0.2, 0.25) is 5.71 Å². The largest absolute Gasteiger partial charge is 0.403 e. The molecule has 0 saturated carbocycles. The second-order valence-corrected chi connectivity index (χ2v) is 5.13. The molecule has 24 heavy (non-hydrogen) atoms. The van der Waals surface area contributed by atoms with Gasteiger partial charge in [0.05, 0.1) is 5.71 Å². The Morgan fingerprint density at radius 2 is 2.04 bits per heavy atom. The molecule has 0 aliphatic carbocycles. The summed E-state index contributed by atoms with van der Waals surface area (Å²) in [5, 5.41) is 4.19. The molecule has 2 aromatic heterocycles. The molecular formula is C17H15N3O4. The van der Waals surface area contributed by atoms with Gasteiger partial charge in [-0.25, -0.2) is 4.79 Å². The molecule has 3 rings (SSSR count). The maximum Gasteiger partial charge on any atom is 0.337 e. The average molecular weight is 325 g/mol. The van der Waals surface area contributed by atoms with Gasteiger partial charge in [-0.1, -0.05) is 42.4 Å². The van der Waals surface area contributed by atoms with Gasteiger partial charge in [0.15, 0.2) is 0 Å². The minimum absolute atomic E-state index is 0.0642. The van der Waals surface area contributed by atoms with Crippen LogP contribution in [0.2, 0.25) is 0 Å². The molecule has 0 amide bonds. The fourth-order valence-electron chi connectivity index (χ4n) is 2.29. The number of benzene rings is 1. The molecule has 1 aromatic carbocycles. The van der Waals surface area contributed by atoms with E-state index in [0.29, 0.717) is 17.7 Å². The first-order valence-electron chi connectivity index (χ1n) is 7.42. The Morgan fingerprint density at radius 3 is 2.75 bits per heavy atom. The molecule has 0 radical (unpaired) electrons. The quantitative estimate of drug-likeness (QED) is 0.586. The number of aromatic nitrogens is 2. The highest BCUT2D eigenvalue weighted by molar-refractivity contribution is 5.98. The van der Waals surface area contributed by atoms with Gasteiger partial charge in [-0.3, -0.25) is 9.78 Å². The topological polar surface area (TPSA) is 97.5 Å². The number of nitrogens with one attached hydrogen (secondary N) is 1. The van der Waals surface area contributed by atoms with E-state index in [4.69, 9.17) is 9.25 Å². The van der Waals surface area contributed by atoms with Gasteiger partial charge in [-0.2, -0.15) is 4.98 Å². The Morgan fingerprint density at radius 1 is 1.29 bits per heavy atom. The third kappa shape index (κ3) is 3.10. The standard InChI is InChI=1S/C17H15N3O4/c1-3-11-9-13(21)23-16-14(11)15(22)18-17(19-16)24-20-10(2)12-7-5-4-6-8-12/h4-9H,3H2,1-2H3,(H,18,19,22)/b20-10-. The molecule has 1 N–H and O–H groups in total. The summed E-state index contributed by atoms with van der Waals surface area (Å²) in [6.07, 6.45) is 0.512. The number of nitrogens with zero attached hydrogens (tertiary/aromatic N) is 2. The molecule has 0 aliphatic rings. The molecule has 7 heteroatoms. The lowest BCUT2D eigenvalue weighted by Gasteiger charge is -2.04. The Bertz CT molecular complexity index is 1020. The van der Waals surface area contributed by atoms with Gasteiger partial charge in [0.25, 0.3) is 5.56 Å². The number of rotatable bonds is 4. The molecule has 0 fully saturated rings. The minimum Gasteiger partial charge on any atom is -0.403 e. The number of hydrogen-bond donors (Lipinski definition) is 1. The second kappa shape index (κ2) is 6.49. The van der Waals surface area contributed by atoms with Gasteiger partial charge in [-0.15, -0.1) is 0 Å². The van der Waals surface area contributed by atoms with Crippen molar-refractivity contribution in [3.05, 3.63) is 68.3 Å². The van der Waals surface area contributed by atoms with Crippen molar-refractivity contribution in [2.24, 2.45) is 5.16 Å². The molecule has 122 valence electrons. The molecule has 7 nitrogen and oxygen atoms in total. The first kappa shape index (κ1) is 15.7. The zero-order valence-corrected chi connectivity index (χ0v) is 13.2. The highest BCUT2D eigenvalue weighted by Crippen LogP contribution is 2.13. The van der Waals surface area contributed by atoms with Crippen LogP contribution in [0.4, 0.5) is 0 Å². The summed E-state index contributed by atoms with van der Waals surface area (Å²) in [7, 11) is 0. The summed E-state index contributed by atoms with van der Waals surface area (Å²) in [4.78, 5) is 35.5. The van der Waals surface area contributed by atoms with Gasteiger partial charge in [0.1, 0.15) is 5.39 Å². The first-order valence-corrected chi connectivity index (χ1v) is 7.42. The third-order valence-electron chi connectivity index (χ3n) is 3.52. The number of oxime groups is 1. The van der Waals surface area contributed by atoms with Crippen molar-refractivity contribution in [3.63, 3.8) is 0 Å². The summed E-state index contributed by atoms with van der Waals surface area (Å²) in [5.74, 6) is 0. The molecule has 0 aliphatic heterocycles. The Kier molecular flexibility index (Phi) is 4.24. The van der Waals surface area contributed by atoms with E-state index in [1.165, 1.54) is 6.07 Å². The van der Waals surface area contributed by atoms with Gasteiger partial charge < -0.3 is 9.25 Å². The van der Waals surface area contributed by atoms with Crippen LogP contribution in [0, 0.1) is 0 Å². The predicted octanol–water partition coefficient (Wildman–Crippen LogP) is 2.24. The van der Waals surface area contributed by atoms with Crippen LogP contribution in [0.5, 0.6) is 6.01 Å². The summed E-state index contributed by atoms with van der Waals surface area (Å²) in [5.41, 5.74) is 0.995. The van der Waals surface area contributed by atoms with E-state index < -0.39 is 11.2 Å². The Labute approximate surface area is 136 Å². The van der Waals surface area contributed by atoms with E-state index in [9.17, 15) is 9.59 Å². The first-order chi connectivity index (χ1) is 11.6. The van der Waals surface area contributed by atoms with Gasteiger partial charge in [0, 0.05) is 6.07 Å². The maximum atomic E-state index is 12.2. The Hall–Kier alpha value is -3.22. The fraction of sp³-hybridized carbons (Fsp3) is 0.176. The number of aromatic amines is 1. The van der Waals surface area contributed by atoms with Crippen LogP contribution in [0.3, 0.4) is 0 Å². The summed E-state index contributed by atoms with van der Waals surface area (Å²) in [6.45, 7) is 3.61. The summed E-state index contributed by atoms with van der Waals surface area (Å²) >= 11 is 0. The van der Waals surface area contributed by atoms with Crippen molar-refractivity contribution in [1.29, 1.82) is 0 Å². The zero-order valence-electron chi connectivity index (χ0n) is 13.2. The molecule has 2 heterocycles. The minimum atomic E-state index is -0.563. The van der Waals surface area contributed by atoms with Crippen LogP contribution in [0.15, 0.2) is 55.6 Å².